The molecular formula is C14H18N2O2. The van der Waals surface area contributed by atoms with E-state index < -0.39 is 0 Å². The monoisotopic (exact) mass is 246 g/mol. The molecule has 96 valence electrons. The third kappa shape index (κ3) is 1.86. The van der Waals surface area contributed by atoms with Gasteiger partial charge in [-0.3, -0.25) is 0 Å². The highest BCUT2D eigenvalue weighted by Gasteiger charge is 2.48. The van der Waals surface area contributed by atoms with Gasteiger partial charge in [-0.15, -0.1) is 0 Å². The standard InChI is InChI=1S/C14H18N2O2/c1-18-13-10-7-8-12(13)16(9-10)14(17)15-11-5-3-2-4-6-11/h2-6,10,12-13H,7-9H2,1H3,(H,15,17). The molecule has 0 spiro atoms. The maximum Gasteiger partial charge on any atom is 0.322 e. The van der Waals surface area contributed by atoms with Gasteiger partial charge in [0.05, 0.1) is 12.1 Å². The maximum absolute atomic E-state index is 12.2. The Kier molecular flexibility index (Phi) is 2.96. The van der Waals surface area contributed by atoms with Crippen LogP contribution in [-0.2, 0) is 4.74 Å². The summed E-state index contributed by atoms with van der Waals surface area (Å²) in [5.41, 5.74) is 0.847. The molecule has 1 aromatic carbocycles. The SMILES string of the molecule is COC1C2CCC1N(C(=O)Nc1ccccc1)C2. The largest absolute Gasteiger partial charge is 0.379 e. The van der Waals surface area contributed by atoms with E-state index in [4.69, 9.17) is 4.74 Å². The van der Waals surface area contributed by atoms with Crippen molar-refractivity contribution < 1.29 is 9.53 Å². The van der Waals surface area contributed by atoms with Gasteiger partial charge >= 0.3 is 6.03 Å². The summed E-state index contributed by atoms with van der Waals surface area (Å²) in [5, 5.41) is 2.94. The molecule has 2 bridgehead atoms. The van der Waals surface area contributed by atoms with Crippen molar-refractivity contribution in [2.24, 2.45) is 5.92 Å². The average molecular weight is 246 g/mol. The van der Waals surface area contributed by atoms with Gasteiger partial charge < -0.3 is 15.0 Å². The van der Waals surface area contributed by atoms with Gasteiger partial charge in [-0.05, 0) is 25.0 Å². The number of para-hydroxylation sites is 1. The number of hydrogen-bond donors (Lipinski definition) is 1. The minimum absolute atomic E-state index is 0.00421. The van der Waals surface area contributed by atoms with Crippen LogP contribution >= 0.6 is 0 Å². The second-order valence-electron chi connectivity index (χ2n) is 5.05. The zero-order valence-corrected chi connectivity index (χ0v) is 10.5. The molecule has 3 atom stereocenters. The molecular weight excluding hydrogens is 228 g/mol. The molecule has 3 rings (SSSR count). The van der Waals surface area contributed by atoms with Crippen LogP contribution in [0.5, 0.6) is 0 Å². The molecule has 4 heteroatoms. The van der Waals surface area contributed by atoms with E-state index in [1.807, 2.05) is 35.2 Å². The van der Waals surface area contributed by atoms with Crippen LogP contribution in [0.15, 0.2) is 30.3 Å². The number of carbonyl (C=O) groups is 1. The van der Waals surface area contributed by atoms with E-state index in [9.17, 15) is 4.79 Å². The van der Waals surface area contributed by atoms with Gasteiger partial charge in [0, 0.05) is 25.3 Å². The molecule has 1 aliphatic carbocycles. The summed E-state index contributed by atoms with van der Waals surface area (Å²) in [5.74, 6) is 0.515. The van der Waals surface area contributed by atoms with Crippen molar-refractivity contribution in [2.45, 2.75) is 25.0 Å². The Hall–Kier alpha value is -1.55. The Morgan fingerprint density at radius 3 is 2.78 bits per heavy atom. The van der Waals surface area contributed by atoms with Gasteiger partial charge in [0.2, 0.25) is 0 Å². The van der Waals surface area contributed by atoms with Crippen LogP contribution in [0, 0.1) is 5.92 Å². The number of nitrogens with one attached hydrogen (secondary N) is 1. The van der Waals surface area contributed by atoms with Gasteiger partial charge in [0.25, 0.3) is 0 Å². The number of likely N-dealkylation sites (tertiary alicyclic amines) is 1. The summed E-state index contributed by atoms with van der Waals surface area (Å²) < 4.78 is 5.51. The number of piperidine rings is 1. The van der Waals surface area contributed by atoms with Crippen LogP contribution < -0.4 is 5.32 Å². The van der Waals surface area contributed by atoms with E-state index in [2.05, 4.69) is 5.32 Å². The Labute approximate surface area is 107 Å². The second-order valence-corrected chi connectivity index (χ2v) is 5.05. The molecule has 2 fully saturated rings. The number of hydrogen-bond acceptors (Lipinski definition) is 2. The summed E-state index contributed by atoms with van der Waals surface area (Å²) in [6, 6.07) is 9.83. The summed E-state index contributed by atoms with van der Waals surface area (Å²) in [7, 11) is 1.74. The normalized spacial score (nSPS) is 29.6. The molecule has 1 N–H and O–H groups in total. The number of methoxy groups -OCH3 is 1. The van der Waals surface area contributed by atoms with Crippen molar-refractivity contribution in [3.8, 4) is 0 Å². The predicted octanol–water partition coefficient (Wildman–Crippen LogP) is 2.33. The fourth-order valence-electron chi connectivity index (χ4n) is 3.24. The molecule has 1 aliphatic heterocycles. The summed E-state index contributed by atoms with van der Waals surface area (Å²) in [6.07, 6.45) is 2.47. The van der Waals surface area contributed by atoms with Crippen LogP contribution in [0.4, 0.5) is 10.5 Å². The first-order valence-electron chi connectivity index (χ1n) is 6.45. The van der Waals surface area contributed by atoms with Crippen LogP contribution in [0.25, 0.3) is 0 Å². The molecule has 1 saturated carbocycles. The summed E-state index contributed by atoms with van der Waals surface area (Å²) >= 11 is 0. The van der Waals surface area contributed by atoms with Crippen LogP contribution in [0.1, 0.15) is 12.8 Å². The fraction of sp³-hybridized carbons (Fsp3) is 0.500. The van der Waals surface area contributed by atoms with Crippen molar-refractivity contribution in [3.63, 3.8) is 0 Å². The number of carbonyl (C=O) groups excluding carboxylic acids is 1. The van der Waals surface area contributed by atoms with Gasteiger partial charge in [-0.25, -0.2) is 4.79 Å². The first-order valence-corrected chi connectivity index (χ1v) is 6.45. The summed E-state index contributed by atoms with van der Waals surface area (Å²) in [6.45, 7) is 0.821. The molecule has 18 heavy (non-hydrogen) atoms. The third-order valence-electron chi connectivity index (χ3n) is 4.07. The second kappa shape index (κ2) is 4.61. The van der Waals surface area contributed by atoms with E-state index in [-0.39, 0.29) is 18.2 Å². The molecule has 2 aliphatic rings. The van der Waals surface area contributed by atoms with Crippen molar-refractivity contribution in [1.29, 1.82) is 0 Å². The van der Waals surface area contributed by atoms with Crippen LogP contribution in [-0.4, -0.2) is 36.7 Å². The number of rotatable bonds is 2. The number of fused-ring (bicyclic) bond motifs is 2. The number of urea groups is 1. The first kappa shape index (κ1) is 11.5. The van der Waals surface area contributed by atoms with E-state index in [0.717, 1.165) is 18.7 Å². The Balaban J connectivity index is 1.68. The third-order valence-corrected chi connectivity index (χ3v) is 4.07. The Morgan fingerprint density at radius 1 is 1.33 bits per heavy atom. The van der Waals surface area contributed by atoms with E-state index in [1.54, 1.807) is 7.11 Å². The van der Waals surface area contributed by atoms with Crippen molar-refractivity contribution in [2.75, 3.05) is 19.0 Å². The zero-order chi connectivity index (χ0) is 12.5. The van der Waals surface area contributed by atoms with E-state index >= 15 is 0 Å². The first-order chi connectivity index (χ1) is 8.79. The van der Waals surface area contributed by atoms with E-state index in [0.29, 0.717) is 5.92 Å². The number of nitrogens with zero attached hydrogens (tertiary/aromatic N) is 1. The minimum atomic E-state index is -0.00421. The highest BCUT2D eigenvalue weighted by atomic mass is 16.5. The highest BCUT2D eigenvalue weighted by molar-refractivity contribution is 5.89. The predicted molar refractivity (Wildman–Crippen MR) is 69.5 cm³/mol. The highest BCUT2D eigenvalue weighted by Crippen LogP contribution is 2.39. The van der Waals surface area contributed by atoms with Crippen LogP contribution in [0.2, 0.25) is 0 Å². The van der Waals surface area contributed by atoms with Gasteiger partial charge in [-0.1, -0.05) is 18.2 Å². The number of benzene rings is 1. The molecule has 1 heterocycles. The van der Waals surface area contributed by atoms with Crippen molar-refractivity contribution >= 4 is 11.7 Å². The average Bonchev–Trinajstić information content (AvgIpc) is 2.96. The lowest BCUT2D eigenvalue weighted by Gasteiger charge is -2.27. The van der Waals surface area contributed by atoms with Crippen LogP contribution in [0.3, 0.4) is 0 Å². The minimum Gasteiger partial charge on any atom is -0.379 e. The molecule has 3 unspecified atom stereocenters. The number of amides is 2. The molecule has 4 nitrogen and oxygen atoms in total. The Bertz CT molecular complexity index is 435. The lowest BCUT2D eigenvalue weighted by molar-refractivity contribution is 0.0747. The molecule has 1 aromatic rings. The molecule has 0 aromatic heterocycles. The van der Waals surface area contributed by atoms with Gasteiger partial charge in [0.15, 0.2) is 0 Å². The quantitative estimate of drug-likeness (QED) is 0.870. The number of ether oxygens (including phenoxy) is 1. The zero-order valence-electron chi connectivity index (χ0n) is 10.5. The fourth-order valence-corrected chi connectivity index (χ4v) is 3.24. The lowest BCUT2D eigenvalue weighted by Crippen LogP contribution is -2.42. The summed E-state index contributed by atoms with van der Waals surface area (Å²) in [4.78, 5) is 14.2. The van der Waals surface area contributed by atoms with Gasteiger partial charge in [0.1, 0.15) is 0 Å². The Morgan fingerprint density at radius 2 is 2.11 bits per heavy atom. The van der Waals surface area contributed by atoms with E-state index in [1.165, 1.54) is 6.42 Å². The molecule has 1 saturated heterocycles. The lowest BCUT2D eigenvalue weighted by atomic mass is 10.1. The van der Waals surface area contributed by atoms with Crippen molar-refractivity contribution in [1.82, 2.24) is 4.90 Å². The van der Waals surface area contributed by atoms with Crippen molar-refractivity contribution in [3.05, 3.63) is 30.3 Å². The van der Waals surface area contributed by atoms with Gasteiger partial charge in [-0.2, -0.15) is 0 Å². The maximum atomic E-state index is 12.2. The molecule has 0 radical (unpaired) electrons. The number of anilines is 1. The molecule has 2 amide bonds. The smallest absolute Gasteiger partial charge is 0.322 e. The topological polar surface area (TPSA) is 41.6 Å².